The Kier molecular flexibility index (Phi) is 65.1. The summed E-state index contributed by atoms with van der Waals surface area (Å²) >= 11 is 6.50. The van der Waals surface area contributed by atoms with Crippen molar-refractivity contribution in [3.05, 3.63) is 0 Å². The molecular formula is C60H115ClO29. The number of carboxylic acid groups (broad SMARTS) is 1. The highest BCUT2D eigenvalue weighted by Crippen LogP contribution is 2.43. The van der Waals surface area contributed by atoms with Gasteiger partial charge in [0.25, 0.3) is 0 Å². The first-order valence-corrected chi connectivity index (χ1v) is 31.6. The van der Waals surface area contributed by atoms with Gasteiger partial charge in [-0.15, -0.1) is 11.6 Å². The molecule has 0 spiro atoms. The van der Waals surface area contributed by atoms with Crippen LogP contribution in [-0.2, 0) is 133 Å². The molecule has 0 amide bonds. The lowest BCUT2D eigenvalue weighted by atomic mass is 9.69. The SMILES string of the molecule is COCCOCCOCCOCCOCCOCCOCCOCCOCCOCCOCCOCCOCCOCCOCCOCCOCCOCCOCCOCCOCCOCCOCCOC(=O)C(C)(Cl)CC(C)(CC(C)(C)C(=O)O)C(=O)OC. The van der Waals surface area contributed by atoms with Crippen molar-refractivity contribution in [3.63, 3.8) is 0 Å². The van der Waals surface area contributed by atoms with Crippen molar-refractivity contribution in [2.75, 3.05) is 318 Å². The van der Waals surface area contributed by atoms with Crippen LogP contribution >= 0.6 is 11.6 Å². The van der Waals surface area contributed by atoms with Crippen molar-refractivity contribution < 1.29 is 138 Å². The average Bonchev–Trinajstić information content (AvgIpc) is 0.912. The largest absolute Gasteiger partial charge is 0.481 e. The van der Waals surface area contributed by atoms with Gasteiger partial charge in [0, 0.05) is 7.11 Å². The Morgan fingerprint density at radius 1 is 0.267 bits per heavy atom. The smallest absolute Gasteiger partial charge is 0.327 e. The second kappa shape index (κ2) is 66.8. The summed E-state index contributed by atoms with van der Waals surface area (Å²) in [6.07, 6.45) is -0.285. The first-order valence-electron chi connectivity index (χ1n) is 31.2. The van der Waals surface area contributed by atoms with Crippen molar-refractivity contribution in [2.45, 2.75) is 45.4 Å². The zero-order valence-corrected chi connectivity index (χ0v) is 56.0. The zero-order chi connectivity index (χ0) is 65.9. The van der Waals surface area contributed by atoms with Gasteiger partial charge in [0.1, 0.15) is 11.5 Å². The van der Waals surface area contributed by atoms with Crippen LogP contribution in [0.1, 0.15) is 40.5 Å². The summed E-state index contributed by atoms with van der Waals surface area (Å²) < 4.78 is 136. The van der Waals surface area contributed by atoms with E-state index in [-0.39, 0.29) is 32.7 Å². The molecule has 0 aliphatic rings. The monoisotopic (exact) mass is 1330 g/mol. The molecule has 0 saturated heterocycles. The number of carbonyl (C=O) groups is 3. The summed E-state index contributed by atoms with van der Waals surface area (Å²) in [4.78, 5) is 35.4. The number of methoxy groups -OCH3 is 2. The van der Waals surface area contributed by atoms with Gasteiger partial charge in [0.15, 0.2) is 0 Å². The number of alkyl halides is 1. The van der Waals surface area contributed by atoms with E-state index in [1.54, 1.807) is 7.11 Å². The summed E-state index contributed by atoms with van der Waals surface area (Å²) in [6, 6.07) is 0. The maximum Gasteiger partial charge on any atom is 0.327 e. The van der Waals surface area contributed by atoms with Crippen LogP contribution in [0.4, 0.5) is 0 Å². The lowest BCUT2D eigenvalue weighted by molar-refractivity contribution is -0.160. The molecule has 536 valence electrons. The summed E-state index contributed by atoms with van der Waals surface area (Å²) in [5.74, 6) is -2.51. The molecule has 0 aliphatic heterocycles. The Morgan fingerprint density at radius 3 is 0.589 bits per heavy atom. The minimum atomic E-state index is -1.61. The topological polar surface area (TPSA) is 302 Å². The standard InChI is InChI=1S/C60H115ClO29/c1-58(2,55(62)63)53-59(3,56(64)67-6)54-60(4,61)57(65)90-52-51-89-50-49-88-48-47-87-46-45-86-44-43-85-42-41-84-40-39-83-38-37-82-36-35-81-34-33-80-32-31-79-30-29-78-28-27-77-26-25-76-24-23-75-22-21-74-20-19-73-18-17-72-16-15-71-14-13-70-12-11-69-10-9-68-8-7-66-5/h7-54H2,1-6H3,(H,62,63). The molecule has 0 aliphatic carbocycles. The van der Waals surface area contributed by atoms with Crippen LogP contribution in [0.2, 0.25) is 0 Å². The summed E-state index contributed by atoms with van der Waals surface area (Å²) in [6.45, 7) is 26.5. The quantitative estimate of drug-likeness (QED) is 0.0520. The molecule has 90 heavy (non-hydrogen) atoms. The van der Waals surface area contributed by atoms with Crippen molar-refractivity contribution in [2.24, 2.45) is 10.8 Å². The Morgan fingerprint density at radius 2 is 0.433 bits per heavy atom. The van der Waals surface area contributed by atoms with Gasteiger partial charge < -0.3 is 124 Å². The number of hydrogen-bond acceptors (Lipinski definition) is 28. The van der Waals surface area contributed by atoms with Gasteiger partial charge in [-0.1, -0.05) is 0 Å². The molecule has 0 bridgehead atoms. The van der Waals surface area contributed by atoms with Gasteiger partial charge in [0.2, 0.25) is 0 Å². The van der Waals surface area contributed by atoms with Gasteiger partial charge in [-0.25, -0.2) is 0 Å². The minimum Gasteiger partial charge on any atom is -0.481 e. The van der Waals surface area contributed by atoms with E-state index in [9.17, 15) is 19.5 Å². The first-order chi connectivity index (χ1) is 43.8. The average molecular weight is 1340 g/mol. The maximum absolute atomic E-state index is 12.7. The van der Waals surface area contributed by atoms with E-state index in [2.05, 4.69) is 0 Å². The highest BCUT2D eigenvalue weighted by Gasteiger charge is 2.49. The fraction of sp³-hybridized carbons (Fsp3) is 0.950. The fourth-order valence-corrected chi connectivity index (χ4v) is 7.86. The first kappa shape index (κ1) is 87.8. The summed E-state index contributed by atoms with van der Waals surface area (Å²) in [7, 11) is 2.84. The molecule has 0 rings (SSSR count). The van der Waals surface area contributed by atoms with Crippen LogP contribution in [0.15, 0.2) is 0 Å². The Bertz CT molecular complexity index is 1540. The number of esters is 2. The molecule has 0 aromatic rings. The normalized spacial score (nSPS) is 13.2. The van der Waals surface area contributed by atoms with Gasteiger partial charge in [-0.2, -0.15) is 0 Å². The molecule has 2 unspecified atom stereocenters. The predicted octanol–water partition coefficient (Wildman–Crippen LogP) is 2.61. The molecule has 0 radical (unpaired) electrons. The fourth-order valence-electron chi connectivity index (χ4n) is 7.52. The van der Waals surface area contributed by atoms with Gasteiger partial charge in [-0.3, -0.25) is 14.4 Å². The second-order valence-electron chi connectivity index (χ2n) is 20.4. The summed E-state index contributed by atoms with van der Waals surface area (Å²) in [5, 5.41) is 9.56. The lowest BCUT2D eigenvalue weighted by Crippen LogP contribution is -2.44. The number of carboxylic acids is 1. The van der Waals surface area contributed by atoms with Gasteiger partial charge in [0.05, 0.1) is 315 Å². The Labute approximate surface area is 540 Å². The summed E-state index contributed by atoms with van der Waals surface area (Å²) in [5.41, 5.74) is -2.61. The van der Waals surface area contributed by atoms with E-state index in [4.69, 9.17) is 130 Å². The third kappa shape index (κ3) is 60.7. The van der Waals surface area contributed by atoms with Crippen LogP contribution in [0.3, 0.4) is 0 Å². The van der Waals surface area contributed by atoms with Crippen LogP contribution in [0.5, 0.6) is 0 Å². The van der Waals surface area contributed by atoms with Crippen molar-refractivity contribution in [1.29, 1.82) is 0 Å². The molecule has 0 aromatic carbocycles. The molecule has 1 N–H and O–H groups in total. The van der Waals surface area contributed by atoms with E-state index in [1.807, 2.05) is 0 Å². The van der Waals surface area contributed by atoms with E-state index >= 15 is 0 Å². The molecule has 2 atom stereocenters. The Balaban J connectivity index is 3.26. The molecule has 0 aromatic heterocycles. The highest BCUT2D eigenvalue weighted by atomic mass is 35.5. The zero-order valence-electron chi connectivity index (χ0n) is 55.2. The number of hydrogen-bond donors (Lipinski definition) is 1. The van der Waals surface area contributed by atoms with Crippen molar-refractivity contribution >= 4 is 29.5 Å². The van der Waals surface area contributed by atoms with Crippen LogP contribution in [0.25, 0.3) is 0 Å². The number of rotatable bonds is 76. The van der Waals surface area contributed by atoms with E-state index in [1.165, 1.54) is 34.8 Å². The number of ether oxygens (including phenoxy) is 25. The van der Waals surface area contributed by atoms with Crippen molar-refractivity contribution in [1.82, 2.24) is 0 Å². The lowest BCUT2D eigenvalue weighted by Gasteiger charge is -2.36. The molecule has 30 heteroatoms. The molecule has 0 fully saturated rings. The van der Waals surface area contributed by atoms with E-state index in [0.717, 1.165) is 0 Å². The highest BCUT2D eigenvalue weighted by molar-refractivity contribution is 6.33. The molecule has 29 nitrogen and oxygen atoms in total. The Hall–Kier alpha value is -2.22. The third-order valence-electron chi connectivity index (χ3n) is 11.9. The van der Waals surface area contributed by atoms with Crippen LogP contribution in [-0.4, -0.2) is 346 Å². The predicted molar refractivity (Wildman–Crippen MR) is 326 cm³/mol. The van der Waals surface area contributed by atoms with Crippen molar-refractivity contribution in [3.8, 4) is 0 Å². The molecule has 0 saturated carbocycles. The van der Waals surface area contributed by atoms with Gasteiger partial charge >= 0.3 is 17.9 Å². The van der Waals surface area contributed by atoms with Crippen LogP contribution in [0, 0.1) is 10.8 Å². The second-order valence-corrected chi connectivity index (χ2v) is 21.2. The number of halogens is 1. The minimum absolute atomic E-state index is 0.0678. The molecule has 0 heterocycles. The third-order valence-corrected chi connectivity index (χ3v) is 12.2. The number of aliphatic carboxylic acids is 1. The number of carbonyl (C=O) groups excluding carboxylic acids is 2. The molecular weight excluding hydrogens is 1220 g/mol. The van der Waals surface area contributed by atoms with E-state index in [0.29, 0.717) is 284 Å². The van der Waals surface area contributed by atoms with Crippen LogP contribution < -0.4 is 0 Å². The van der Waals surface area contributed by atoms with Gasteiger partial charge in [-0.05, 0) is 40.5 Å². The maximum atomic E-state index is 12.7. The van der Waals surface area contributed by atoms with E-state index < -0.39 is 33.6 Å².